The fourth-order valence-electron chi connectivity index (χ4n) is 1.82. The Bertz CT molecular complexity index is 625. The van der Waals surface area contributed by atoms with Gasteiger partial charge in [-0.2, -0.15) is 0 Å². The van der Waals surface area contributed by atoms with Gasteiger partial charge in [-0.25, -0.2) is 4.68 Å². The second kappa shape index (κ2) is 4.91. The van der Waals surface area contributed by atoms with Crippen LogP contribution in [0.2, 0.25) is 0 Å². The van der Waals surface area contributed by atoms with Gasteiger partial charge in [0.15, 0.2) is 0 Å². The van der Waals surface area contributed by atoms with Crippen molar-refractivity contribution in [3.05, 3.63) is 51.9 Å². The monoisotopic (exact) mass is 246 g/mol. The summed E-state index contributed by atoms with van der Waals surface area (Å²) in [4.78, 5) is 22.6. The summed E-state index contributed by atoms with van der Waals surface area (Å²) in [7, 11) is 0. The van der Waals surface area contributed by atoms with Gasteiger partial charge in [-0.3, -0.25) is 14.7 Å². The molecule has 0 atom stereocenters. The normalized spacial score (nSPS) is 10.5. The van der Waals surface area contributed by atoms with E-state index in [2.05, 4.69) is 5.10 Å². The lowest BCUT2D eigenvalue weighted by Gasteiger charge is -2.04. The molecule has 0 unspecified atom stereocenters. The van der Waals surface area contributed by atoms with Crippen LogP contribution in [0.25, 0.3) is 5.69 Å². The van der Waals surface area contributed by atoms with Gasteiger partial charge in [-0.1, -0.05) is 18.2 Å². The number of benzene rings is 1. The van der Waals surface area contributed by atoms with E-state index in [1.54, 1.807) is 6.20 Å². The summed E-state index contributed by atoms with van der Waals surface area (Å²) < 4.78 is 1.44. The van der Waals surface area contributed by atoms with Crippen molar-refractivity contribution in [3.8, 4) is 5.69 Å². The van der Waals surface area contributed by atoms with E-state index in [1.807, 2.05) is 31.2 Å². The number of nitrogens with one attached hydrogen (secondary N) is 1. The zero-order valence-electron chi connectivity index (χ0n) is 10.0. The fourth-order valence-corrected chi connectivity index (χ4v) is 1.82. The minimum Gasteiger partial charge on any atom is -0.481 e. The summed E-state index contributed by atoms with van der Waals surface area (Å²) >= 11 is 0. The lowest BCUT2D eigenvalue weighted by atomic mass is 10.2. The molecule has 5 heteroatoms. The van der Waals surface area contributed by atoms with Crippen molar-refractivity contribution >= 4 is 5.97 Å². The lowest BCUT2D eigenvalue weighted by Crippen LogP contribution is -2.18. The number of aromatic amines is 1. The van der Waals surface area contributed by atoms with Crippen molar-refractivity contribution in [1.29, 1.82) is 0 Å². The molecule has 1 aromatic carbocycles. The van der Waals surface area contributed by atoms with Gasteiger partial charge in [0.05, 0.1) is 5.69 Å². The molecule has 94 valence electrons. The number of nitrogens with zero attached hydrogens (tertiary/aromatic N) is 1. The quantitative estimate of drug-likeness (QED) is 0.858. The Morgan fingerprint density at radius 3 is 2.78 bits per heavy atom. The van der Waals surface area contributed by atoms with Crippen LogP contribution >= 0.6 is 0 Å². The standard InChI is InChI=1S/C13H14N2O3/c1-9-4-2-3-5-11(9)15-13(18)10(8-14-15)6-7-12(16)17/h2-5,8,14H,6-7H2,1H3,(H,16,17). The van der Waals surface area contributed by atoms with Gasteiger partial charge in [0.1, 0.15) is 0 Å². The molecule has 0 radical (unpaired) electrons. The Kier molecular flexibility index (Phi) is 3.32. The van der Waals surface area contributed by atoms with Gasteiger partial charge in [0.2, 0.25) is 0 Å². The van der Waals surface area contributed by atoms with Gasteiger partial charge in [0, 0.05) is 18.2 Å². The Labute approximate surface area is 104 Å². The van der Waals surface area contributed by atoms with Crippen molar-refractivity contribution in [3.63, 3.8) is 0 Å². The number of aryl methyl sites for hydroxylation is 2. The highest BCUT2D eigenvalue weighted by Crippen LogP contribution is 2.10. The molecule has 0 spiro atoms. The van der Waals surface area contributed by atoms with Crippen molar-refractivity contribution in [1.82, 2.24) is 9.78 Å². The van der Waals surface area contributed by atoms with Crippen LogP contribution < -0.4 is 5.56 Å². The van der Waals surface area contributed by atoms with Crippen LogP contribution in [-0.4, -0.2) is 20.9 Å². The molecule has 2 N–H and O–H groups in total. The number of para-hydroxylation sites is 1. The summed E-state index contributed by atoms with van der Waals surface area (Å²) in [5.41, 5.74) is 2.06. The Morgan fingerprint density at radius 2 is 2.11 bits per heavy atom. The Morgan fingerprint density at radius 1 is 1.39 bits per heavy atom. The van der Waals surface area contributed by atoms with Gasteiger partial charge in [-0.05, 0) is 25.0 Å². The molecule has 2 aromatic rings. The van der Waals surface area contributed by atoms with E-state index in [0.29, 0.717) is 5.56 Å². The molecule has 0 aliphatic rings. The van der Waals surface area contributed by atoms with Crippen LogP contribution in [0.5, 0.6) is 0 Å². The molecule has 0 fully saturated rings. The van der Waals surface area contributed by atoms with Gasteiger partial charge in [-0.15, -0.1) is 0 Å². The van der Waals surface area contributed by atoms with Gasteiger partial charge < -0.3 is 5.11 Å². The average molecular weight is 246 g/mol. The highest BCUT2D eigenvalue weighted by molar-refractivity contribution is 5.67. The van der Waals surface area contributed by atoms with Crippen molar-refractivity contribution in [2.24, 2.45) is 0 Å². The molecule has 0 amide bonds. The number of hydrogen-bond donors (Lipinski definition) is 2. The summed E-state index contributed by atoms with van der Waals surface area (Å²) in [5.74, 6) is -0.905. The first-order valence-corrected chi connectivity index (χ1v) is 5.66. The van der Waals surface area contributed by atoms with E-state index in [0.717, 1.165) is 11.3 Å². The van der Waals surface area contributed by atoms with E-state index < -0.39 is 5.97 Å². The molecule has 0 bridgehead atoms. The van der Waals surface area contributed by atoms with Crippen LogP contribution in [-0.2, 0) is 11.2 Å². The van der Waals surface area contributed by atoms with E-state index >= 15 is 0 Å². The maximum atomic E-state index is 12.1. The number of aromatic nitrogens is 2. The zero-order valence-corrected chi connectivity index (χ0v) is 10.0. The molecule has 0 saturated heterocycles. The van der Waals surface area contributed by atoms with Crippen LogP contribution in [0.15, 0.2) is 35.3 Å². The Hall–Kier alpha value is -2.30. The predicted molar refractivity (Wildman–Crippen MR) is 67.1 cm³/mol. The summed E-state index contributed by atoms with van der Waals surface area (Å²) in [5, 5.41) is 11.5. The molecule has 0 aliphatic heterocycles. The summed E-state index contributed by atoms with van der Waals surface area (Å²) in [6.45, 7) is 1.92. The minimum atomic E-state index is -0.905. The van der Waals surface area contributed by atoms with Crippen molar-refractivity contribution in [2.75, 3.05) is 0 Å². The first kappa shape index (κ1) is 12.2. The summed E-state index contributed by atoms with van der Waals surface area (Å²) in [6.07, 6.45) is 1.77. The summed E-state index contributed by atoms with van der Waals surface area (Å²) in [6, 6.07) is 7.51. The third-order valence-electron chi connectivity index (χ3n) is 2.81. The van der Waals surface area contributed by atoms with Crippen molar-refractivity contribution in [2.45, 2.75) is 19.8 Å². The van der Waals surface area contributed by atoms with Gasteiger partial charge in [0.25, 0.3) is 5.56 Å². The van der Waals surface area contributed by atoms with Crippen LogP contribution in [0.3, 0.4) is 0 Å². The fraction of sp³-hybridized carbons (Fsp3) is 0.231. The largest absolute Gasteiger partial charge is 0.481 e. The van der Waals surface area contributed by atoms with Crippen LogP contribution in [0, 0.1) is 6.92 Å². The van der Waals surface area contributed by atoms with Crippen molar-refractivity contribution < 1.29 is 9.90 Å². The topological polar surface area (TPSA) is 75.1 Å². The molecule has 2 rings (SSSR count). The predicted octanol–water partition coefficient (Wildman–Crippen LogP) is 1.49. The number of H-pyrrole nitrogens is 1. The number of aliphatic carboxylic acids is 1. The van der Waals surface area contributed by atoms with Crippen LogP contribution in [0.1, 0.15) is 17.5 Å². The number of rotatable bonds is 4. The van der Waals surface area contributed by atoms with Gasteiger partial charge >= 0.3 is 5.97 Å². The molecule has 0 aliphatic carbocycles. The number of hydrogen-bond acceptors (Lipinski definition) is 2. The third kappa shape index (κ3) is 2.34. The highest BCUT2D eigenvalue weighted by atomic mass is 16.4. The third-order valence-corrected chi connectivity index (χ3v) is 2.81. The first-order chi connectivity index (χ1) is 8.59. The molecule has 18 heavy (non-hydrogen) atoms. The average Bonchev–Trinajstić information content (AvgIpc) is 2.69. The molecular formula is C13H14N2O3. The molecule has 0 saturated carbocycles. The zero-order chi connectivity index (χ0) is 13.1. The highest BCUT2D eigenvalue weighted by Gasteiger charge is 2.10. The van der Waals surface area contributed by atoms with E-state index in [1.165, 1.54) is 4.68 Å². The SMILES string of the molecule is Cc1ccccc1-n1[nH]cc(CCC(=O)O)c1=O. The maximum Gasteiger partial charge on any atom is 0.303 e. The number of carbonyl (C=O) groups is 1. The lowest BCUT2D eigenvalue weighted by molar-refractivity contribution is -0.136. The molecular weight excluding hydrogens is 232 g/mol. The first-order valence-electron chi connectivity index (χ1n) is 5.66. The minimum absolute atomic E-state index is 0.0408. The smallest absolute Gasteiger partial charge is 0.303 e. The second-order valence-corrected chi connectivity index (χ2v) is 4.12. The van der Waals surface area contributed by atoms with E-state index in [-0.39, 0.29) is 18.4 Å². The molecule has 1 aromatic heterocycles. The van der Waals surface area contributed by atoms with Crippen LogP contribution in [0.4, 0.5) is 0 Å². The van der Waals surface area contributed by atoms with E-state index in [4.69, 9.17) is 5.11 Å². The Balaban J connectivity index is 2.34. The second-order valence-electron chi connectivity index (χ2n) is 4.12. The molecule has 5 nitrogen and oxygen atoms in total. The number of carboxylic acids is 1. The maximum absolute atomic E-state index is 12.1. The molecule has 1 heterocycles. The number of carboxylic acid groups (broad SMARTS) is 1. The van der Waals surface area contributed by atoms with E-state index in [9.17, 15) is 9.59 Å².